The van der Waals surface area contributed by atoms with E-state index in [0.717, 1.165) is 21.1 Å². The number of fused-ring (bicyclic) bond motifs is 1. The SMILES string of the molecule is CNC(=O)c1ccc2c(cnn2-c2cccc(Br)c2)c1. The molecule has 2 aromatic carbocycles. The van der Waals surface area contributed by atoms with Crippen molar-refractivity contribution in [3.05, 3.63) is 58.7 Å². The van der Waals surface area contributed by atoms with Crippen LogP contribution in [-0.2, 0) is 0 Å². The molecule has 0 bridgehead atoms. The number of carbonyl (C=O) groups is 1. The summed E-state index contributed by atoms with van der Waals surface area (Å²) in [5, 5.41) is 7.95. The topological polar surface area (TPSA) is 46.9 Å². The number of hydrogen-bond donors (Lipinski definition) is 1. The molecule has 0 aliphatic carbocycles. The Kier molecular flexibility index (Phi) is 3.28. The lowest BCUT2D eigenvalue weighted by Crippen LogP contribution is -2.17. The van der Waals surface area contributed by atoms with Crippen molar-refractivity contribution in [2.24, 2.45) is 0 Å². The third-order valence-corrected chi connectivity index (χ3v) is 3.60. The fourth-order valence-electron chi connectivity index (χ4n) is 2.13. The quantitative estimate of drug-likeness (QED) is 0.785. The zero-order valence-electron chi connectivity index (χ0n) is 10.8. The normalized spacial score (nSPS) is 10.7. The molecule has 1 heterocycles. The Labute approximate surface area is 124 Å². The van der Waals surface area contributed by atoms with E-state index in [4.69, 9.17) is 0 Å². The van der Waals surface area contributed by atoms with Gasteiger partial charge in [0.1, 0.15) is 0 Å². The smallest absolute Gasteiger partial charge is 0.251 e. The van der Waals surface area contributed by atoms with Crippen molar-refractivity contribution < 1.29 is 4.79 Å². The molecule has 0 spiro atoms. The van der Waals surface area contributed by atoms with E-state index >= 15 is 0 Å². The number of aromatic nitrogens is 2. The lowest BCUT2D eigenvalue weighted by atomic mass is 10.1. The molecule has 0 aliphatic heterocycles. The first-order valence-corrected chi connectivity index (χ1v) is 6.94. The summed E-state index contributed by atoms with van der Waals surface area (Å²) >= 11 is 3.46. The van der Waals surface area contributed by atoms with Gasteiger partial charge in [-0.3, -0.25) is 4.79 Å². The molecule has 1 N–H and O–H groups in total. The molecule has 0 unspecified atom stereocenters. The highest BCUT2D eigenvalue weighted by Crippen LogP contribution is 2.21. The molecule has 0 atom stereocenters. The number of amides is 1. The second-order valence-electron chi connectivity index (χ2n) is 4.39. The first-order chi connectivity index (χ1) is 9.69. The second-order valence-corrected chi connectivity index (χ2v) is 5.30. The van der Waals surface area contributed by atoms with Crippen molar-refractivity contribution in [3.8, 4) is 5.69 Å². The Balaban J connectivity index is 2.13. The highest BCUT2D eigenvalue weighted by atomic mass is 79.9. The van der Waals surface area contributed by atoms with Crippen molar-refractivity contribution in [1.29, 1.82) is 0 Å². The van der Waals surface area contributed by atoms with Gasteiger partial charge in [-0.1, -0.05) is 22.0 Å². The van der Waals surface area contributed by atoms with Crippen LogP contribution in [0.5, 0.6) is 0 Å². The maximum atomic E-state index is 11.6. The Bertz CT molecular complexity index is 795. The van der Waals surface area contributed by atoms with Gasteiger partial charge in [-0.05, 0) is 36.4 Å². The van der Waals surface area contributed by atoms with Crippen LogP contribution < -0.4 is 5.32 Å². The maximum Gasteiger partial charge on any atom is 0.251 e. The first-order valence-electron chi connectivity index (χ1n) is 6.15. The van der Waals surface area contributed by atoms with Crippen LogP contribution in [0.4, 0.5) is 0 Å². The summed E-state index contributed by atoms with van der Waals surface area (Å²) in [6, 6.07) is 13.5. The minimum absolute atomic E-state index is 0.0953. The minimum atomic E-state index is -0.0953. The zero-order chi connectivity index (χ0) is 14.1. The third-order valence-electron chi connectivity index (χ3n) is 3.11. The molecule has 0 saturated carbocycles. The van der Waals surface area contributed by atoms with Crippen molar-refractivity contribution >= 4 is 32.7 Å². The average Bonchev–Trinajstić information content (AvgIpc) is 2.89. The van der Waals surface area contributed by atoms with Gasteiger partial charge < -0.3 is 5.32 Å². The van der Waals surface area contributed by atoms with Crippen molar-refractivity contribution in [3.63, 3.8) is 0 Å². The van der Waals surface area contributed by atoms with Gasteiger partial charge in [-0.25, -0.2) is 4.68 Å². The summed E-state index contributed by atoms with van der Waals surface area (Å²) in [6.45, 7) is 0. The summed E-state index contributed by atoms with van der Waals surface area (Å²) in [5.41, 5.74) is 2.58. The van der Waals surface area contributed by atoms with E-state index < -0.39 is 0 Å². The predicted molar refractivity (Wildman–Crippen MR) is 82.2 cm³/mol. The Hall–Kier alpha value is -2.14. The highest BCUT2D eigenvalue weighted by molar-refractivity contribution is 9.10. The number of nitrogens with zero attached hydrogens (tertiary/aromatic N) is 2. The molecule has 0 saturated heterocycles. The largest absolute Gasteiger partial charge is 0.355 e. The third kappa shape index (κ3) is 2.20. The van der Waals surface area contributed by atoms with Crippen LogP contribution in [0, 0.1) is 0 Å². The van der Waals surface area contributed by atoms with Crippen LogP contribution >= 0.6 is 15.9 Å². The fraction of sp³-hybridized carbons (Fsp3) is 0.0667. The lowest BCUT2D eigenvalue weighted by molar-refractivity contribution is 0.0963. The molecule has 5 heteroatoms. The molecule has 3 aromatic rings. The monoisotopic (exact) mass is 329 g/mol. The van der Waals surface area contributed by atoms with Gasteiger partial charge in [0.2, 0.25) is 0 Å². The van der Waals surface area contributed by atoms with Gasteiger partial charge in [-0.2, -0.15) is 5.10 Å². The van der Waals surface area contributed by atoms with Crippen LogP contribution in [0.15, 0.2) is 53.1 Å². The van der Waals surface area contributed by atoms with Gasteiger partial charge in [0.25, 0.3) is 5.91 Å². The molecule has 0 fully saturated rings. The fourth-order valence-corrected chi connectivity index (χ4v) is 2.52. The number of carbonyl (C=O) groups excluding carboxylic acids is 1. The Morgan fingerprint density at radius 2 is 2.10 bits per heavy atom. The van der Waals surface area contributed by atoms with Crippen molar-refractivity contribution in [2.75, 3.05) is 7.05 Å². The molecular formula is C15H12BrN3O. The number of rotatable bonds is 2. The highest BCUT2D eigenvalue weighted by Gasteiger charge is 2.09. The van der Waals surface area contributed by atoms with Gasteiger partial charge in [0, 0.05) is 22.5 Å². The van der Waals surface area contributed by atoms with Gasteiger partial charge in [0.15, 0.2) is 0 Å². The maximum absolute atomic E-state index is 11.6. The number of hydrogen-bond acceptors (Lipinski definition) is 2. The Morgan fingerprint density at radius 3 is 2.85 bits per heavy atom. The summed E-state index contributed by atoms with van der Waals surface area (Å²) in [5.74, 6) is -0.0953. The van der Waals surface area contributed by atoms with E-state index in [0.29, 0.717) is 5.56 Å². The molecule has 0 radical (unpaired) electrons. The standard InChI is InChI=1S/C15H12BrN3O/c1-17-15(20)10-5-6-14-11(7-10)9-18-19(14)13-4-2-3-12(16)8-13/h2-9H,1H3,(H,17,20). The van der Waals surface area contributed by atoms with Gasteiger partial charge in [0.05, 0.1) is 17.4 Å². The number of halogens is 1. The summed E-state index contributed by atoms with van der Waals surface area (Å²) in [7, 11) is 1.62. The van der Waals surface area contributed by atoms with Crippen LogP contribution in [0.3, 0.4) is 0 Å². The van der Waals surface area contributed by atoms with E-state index in [1.54, 1.807) is 19.3 Å². The van der Waals surface area contributed by atoms with Crippen molar-refractivity contribution in [1.82, 2.24) is 15.1 Å². The van der Waals surface area contributed by atoms with Gasteiger partial charge >= 0.3 is 0 Å². The van der Waals surface area contributed by atoms with Crippen LogP contribution in [0.25, 0.3) is 16.6 Å². The van der Waals surface area contributed by atoms with E-state index in [1.807, 2.05) is 41.1 Å². The summed E-state index contributed by atoms with van der Waals surface area (Å²) in [4.78, 5) is 11.6. The van der Waals surface area contributed by atoms with Crippen LogP contribution in [-0.4, -0.2) is 22.7 Å². The van der Waals surface area contributed by atoms with E-state index in [-0.39, 0.29) is 5.91 Å². The molecule has 3 rings (SSSR count). The van der Waals surface area contributed by atoms with Gasteiger partial charge in [-0.15, -0.1) is 0 Å². The van der Waals surface area contributed by atoms with E-state index in [2.05, 4.69) is 26.3 Å². The number of nitrogens with one attached hydrogen (secondary N) is 1. The first kappa shape index (κ1) is 12.9. The average molecular weight is 330 g/mol. The predicted octanol–water partition coefficient (Wildman–Crippen LogP) is 3.15. The summed E-state index contributed by atoms with van der Waals surface area (Å²) < 4.78 is 2.86. The molecule has 4 nitrogen and oxygen atoms in total. The van der Waals surface area contributed by atoms with E-state index in [1.165, 1.54) is 0 Å². The van der Waals surface area contributed by atoms with E-state index in [9.17, 15) is 4.79 Å². The van der Waals surface area contributed by atoms with Crippen molar-refractivity contribution in [2.45, 2.75) is 0 Å². The molecule has 0 aliphatic rings. The lowest BCUT2D eigenvalue weighted by Gasteiger charge is -2.05. The number of benzene rings is 2. The molecule has 100 valence electrons. The van der Waals surface area contributed by atoms with Crippen LogP contribution in [0.1, 0.15) is 10.4 Å². The molecular weight excluding hydrogens is 318 g/mol. The molecule has 20 heavy (non-hydrogen) atoms. The second kappa shape index (κ2) is 5.09. The zero-order valence-corrected chi connectivity index (χ0v) is 12.4. The minimum Gasteiger partial charge on any atom is -0.355 e. The molecule has 1 aromatic heterocycles. The van der Waals surface area contributed by atoms with Crippen LogP contribution in [0.2, 0.25) is 0 Å². The summed E-state index contributed by atoms with van der Waals surface area (Å²) in [6.07, 6.45) is 1.77. The molecule has 1 amide bonds. The Morgan fingerprint density at radius 1 is 1.25 bits per heavy atom.